The molecule has 1 aliphatic carbocycles. The highest BCUT2D eigenvalue weighted by Crippen LogP contribution is 2.34. The Hall–Kier alpha value is -2.05. The summed E-state index contributed by atoms with van der Waals surface area (Å²) in [5.41, 5.74) is 3.86. The number of aromatic nitrogens is 4. The Balaban J connectivity index is 1.38. The molecule has 0 spiro atoms. The van der Waals surface area contributed by atoms with E-state index in [0.29, 0.717) is 6.04 Å². The number of hydrogen-bond acceptors (Lipinski definition) is 5. The van der Waals surface area contributed by atoms with Crippen LogP contribution in [0.4, 0.5) is 0 Å². The molecule has 0 bridgehead atoms. The van der Waals surface area contributed by atoms with Gasteiger partial charge in [-0.05, 0) is 37.3 Å². The average Bonchev–Trinajstić information content (AvgIpc) is 3.22. The highest BCUT2D eigenvalue weighted by atomic mass is 32.1. The summed E-state index contributed by atoms with van der Waals surface area (Å²) in [6.45, 7) is 3.76. The molecule has 24 heavy (non-hydrogen) atoms. The highest BCUT2D eigenvalue weighted by Gasteiger charge is 2.23. The monoisotopic (exact) mass is 339 g/mol. The minimum atomic E-state index is 0.453. The number of benzene rings is 1. The molecular formula is C18H21N5S. The van der Waals surface area contributed by atoms with E-state index in [9.17, 15) is 0 Å². The van der Waals surface area contributed by atoms with Crippen molar-refractivity contribution < 1.29 is 0 Å². The quantitative estimate of drug-likeness (QED) is 0.775. The van der Waals surface area contributed by atoms with Crippen molar-refractivity contribution in [3.05, 3.63) is 63.6 Å². The summed E-state index contributed by atoms with van der Waals surface area (Å²) < 4.78 is 1.84. The van der Waals surface area contributed by atoms with Gasteiger partial charge in [0, 0.05) is 17.5 Å². The molecule has 0 fully saturated rings. The van der Waals surface area contributed by atoms with Crippen LogP contribution in [0.2, 0.25) is 0 Å². The normalized spacial score (nSPS) is 17.0. The summed E-state index contributed by atoms with van der Waals surface area (Å²) in [5.74, 6) is 0. The van der Waals surface area contributed by atoms with Gasteiger partial charge in [-0.3, -0.25) is 0 Å². The van der Waals surface area contributed by atoms with Gasteiger partial charge in [0.2, 0.25) is 0 Å². The van der Waals surface area contributed by atoms with Crippen LogP contribution in [0.3, 0.4) is 0 Å². The van der Waals surface area contributed by atoms with Gasteiger partial charge in [0.05, 0.1) is 17.2 Å². The van der Waals surface area contributed by atoms with Crippen LogP contribution in [0, 0.1) is 6.92 Å². The molecule has 4 rings (SSSR count). The minimum absolute atomic E-state index is 0.453. The Morgan fingerprint density at radius 3 is 2.88 bits per heavy atom. The van der Waals surface area contributed by atoms with Crippen LogP contribution in [-0.2, 0) is 19.5 Å². The SMILES string of the molecule is Cc1nc2c(s1)C(NCc1ccc(Cn3cncn3)cc1)CCC2. The first-order valence-electron chi connectivity index (χ1n) is 8.38. The summed E-state index contributed by atoms with van der Waals surface area (Å²) in [5, 5.41) is 9.04. The molecule has 0 amide bonds. The van der Waals surface area contributed by atoms with E-state index in [0.717, 1.165) is 19.5 Å². The van der Waals surface area contributed by atoms with Gasteiger partial charge < -0.3 is 5.32 Å². The van der Waals surface area contributed by atoms with Gasteiger partial charge in [-0.2, -0.15) is 5.10 Å². The van der Waals surface area contributed by atoms with Gasteiger partial charge in [-0.25, -0.2) is 14.6 Å². The second-order valence-electron chi connectivity index (χ2n) is 6.28. The Morgan fingerprint density at radius 2 is 2.08 bits per heavy atom. The fourth-order valence-electron chi connectivity index (χ4n) is 3.24. The van der Waals surface area contributed by atoms with Gasteiger partial charge in [-0.1, -0.05) is 24.3 Å². The van der Waals surface area contributed by atoms with Crippen molar-refractivity contribution in [3.8, 4) is 0 Å². The maximum absolute atomic E-state index is 4.67. The van der Waals surface area contributed by atoms with Gasteiger partial charge >= 0.3 is 0 Å². The Bertz CT molecular complexity index is 791. The maximum atomic E-state index is 4.67. The molecule has 1 aliphatic rings. The predicted molar refractivity (Wildman–Crippen MR) is 94.9 cm³/mol. The first kappa shape index (κ1) is 15.5. The van der Waals surface area contributed by atoms with Crippen LogP contribution in [0.1, 0.15) is 45.6 Å². The van der Waals surface area contributed by atoms with Crippen molar-refractivity contribution in [3.63, 3.8) is 0 Å². The molecule has 3 aromatic rings. The van der Waals surface area contributed by atoms with Crippen LogP contribution in [0.5, 0.6) is 0 Å². The Morgan fingerprint density at radius 1 is 1.25 bits per heavy atom. The smallest absolute Gasteiger partial charge is 0.137 e. The molecule has 1 atom stereocenters. The first-order chi connectivity index (χ1) is 11.8. The number of nitrogens with one attached hydrogen (secondary N) is 1. The summed E-state index contributed by atoms with van der Waals surface area (Å²) in [4.78, 5) is 10.1. The van der Waals surface area contributed by atoms with Crippen molar-refractivity contribution >= 4 is 11.3 Å². The third-order valence-electron chi connectivity index (χ3n) is 4.44. The zero-order chi connectivity index (χ0) is 16.4. The summed E-state index contributed by atoms with van der Waals surface area (Å²) in [7, 11) is 0. The number of fused-ring (bicyclic) bond motifs is 1. The van der Waals surface area contributed by atoms with Crippen LogP contribution in [0.15, 0.2) is 36.9 Å². The zero-order valence-electron chi connectivity index (χ0n) is 13.8. The highest BCUT2D eigenvalue weighted by molar-refractivity contribution is 7.11. The van der Waals surface area contributed by atoms with E-state index < -0.39 is 0 Å². The van der Waals surface area contributed by atoms with Crippen LogP contribution >= 0.6 is 11.3 Å². The molecule has 6 heteroatoms. The Labute approximate surface area is 145 Å². The van der Waals surface area contributed by atoms with E-state index in [1.54, 1.807) is 12.7 Å². The lowest BCUT2D eigenvalue weighted by Crippen LogP contribution is -2.23. The van der Waals surface area contributed by atoms with Crippen molar-refractivity contribution in [2.45, 2.75) is 45.3 Å². The number of rotatable bonds is 5. The van der Waals surface area contributed by atoms with E-state index in [1.807, 2.05) is 16.0 Å². The van der Waals surface area contributed by atoms with Crippen molar-refractivity contribution in [1.29, 1.82) is 0 Å². The number of thiazole rings is 1. The lowest BCUT2D eigenvalue weighted by Gasteiger charge is -2.22. The maximum Gasteiger partial charge on any atom is 0.137 e. The van der Waals surface area contributed by atoms with Crippen LogP contribution in [0.25, 0.3) is 0 Å². The third-order valence-corrected chi connectivity index (χ3v) is 5.57. The largest absolute Gasteiger partial charge is 0.305 e. The third kappa shape index (κ3) is 3.39. The lowest BCUT2D eigenvalue weighted by atomic mass is 9.98. The molecular weight excluding hydrogens is 318 g/mol. The topological polar surface area (TPSA) is 55.6 Å². The summed E-state index contributed by atoms with van der Waals surface area (Å²) >= 11 is 1.85. The summed E-state index contributed by atoms with van der Waals surface area (Å²) in [6, 6.07) is 9.18. The molecule has 0 saturated heterocycles. The fourth-order valence-corrected chi connectivity index (χ4v) is 4.32. The number of nitrogens with zero attached hydrogens (tertiary/aromatic N) is 4. The molecule has 1 unspecified atom stereocenters. The Kier molecular flexibility index (Phi) is 4.40. The van der Waals surface area contributed by atoms with E-state index in [2.05, 4.69) is 51.6 Å². The molecule has 2 aromatic heterocycles. The van der Waals surface area contributed by atoms with Crippen molar-refractivity contribution in [2.24, 2.45) is 0 Å². The zero-order valence-corrected chi connectivity index (χ0v) is 14.6. The second-order valence-corrected chi connectivity index (χ2v) is 7.51. The van der Waals surface area contributed by atoms with E-state index in [-0.39, 0.29) is 0 Å². The molecule has 1 N–H and O–H groups in total. The van der Waals surface area contributed by atoms with Crippen molar-refractivity contribution in [1.82, 2.24) is 25.1 Å². The first-order valence-corrected chi connectivity index (χ1v) is 9.19. The van der Waals surface area contributed by atoms with Gasteiger partial charge in [0.15, 0.2) is 0 Å². The van der Waals surface area contributed by atoms with Gasteiger partial charge in [0.25, 0.3) is 0 Å². The molecule has 1 aromatic carbocycles. The number of aryl methyl sites for hydroxylation is 2. The molecule has 0 saturated carbocycles. The van der Waals surface area contributed by atoms with Crippen LogP contribution < -0.4 is 5.32 Å². The van der Waals surface area contributed by atoms with Crippen LogP contribution in [-0.4, -0.2) is 19.7 Å². The minimum Gasteiger partial charge on any atom is -0.305 e. The van der Waals surface area contributed by atoms with Crippen molar-refractivity contribution in [2.75, 3.05) is 0 Å². The average molecular weight is 339 g/mol. The molecule has 5 nitrogen and oxygen atoms in total. The molecule has 2 heterocycles. The second kappa shape index (κ2) is 6.83. The van der Waals surface area contributed by atoms with Gasteiger partial charge in [-0.15, -0.1) is 11.3 Å². The number of hydrogen-bond donors (Lipinski definition) is 1. The predicted octanol–water partition coefficient (Wildman–Crippen LogP) is 3.26. The van der Waals surface area contributed by atoms with E-state index >= 15 is 0 Å². The summed E-state index contributed by atoms with van der Waals surface area (Å²) in [6.07, 6.45) is 6.88. The van der Waals surface area contributed by atoms with E-state index in [4.69, 9.17) is 0 Å². The fraction of sp³-hybridized carbons (Fsp3) is 0.389. The standard InChI is InChI=1S/C18H21N5S/c1-13-22-17-4-2-3-16(18(17)24-13)20-9-14-5-7-15(8-6-14)10-23-12-19-11-21-23/h5-8,11-12,16,20H,2-4,9-10H2,1H3. The van der Waals surface area contributed by atoms with Gasteiger partial charge in [0.1, 0.15) is 12.7 Å². The van der Waals surface area contributed by atoms with E-state index in [1.165, 1.54) is 39.5 Å². The molecule has 0 aliphatic heterocycles. The molecule has 0 radical (unpaired) electrons. The molecule has 124 valence electrons. The lowest BCUT2D eigenvalue weighted by molar-refractivity contribution is 0.463.